The fourth-order valence-electron chi connectivity index (χ4n) is 2.85. The highest BCUT2D eigenvalue weighted by atomic mass is 32.2. The molecular formula is C17H27N3O4S. The van der Waals surface area contributed by atoms with Crippen LogP contribution in [0.15, 0.2) is 29.2 Å². The zero-order valence-electron chi connectivity index (χ0n) is 14.8. The maximum atomic E-state index is 12.7. The fourth-order valence-corrected chi connectivity index (χ4v) is 4.32. The van der Waals surface area contributed by atoms with Crippen molar-refractivity contribution >= 4 is 15.9 Å². The molecule has 0 unspecified atom stereocenters. The molecule has 0 atom stereocenters. The Hall–Kier alpha value is -1.64. The molecule has 7 nitrogen and oxygen atoms in total. The topological polar surface area (TPSA) is 87.7 Å². The lowest BCUT2D eigenvalue weighted by molar-refractivity contribution is -0.126. The van der Waals surface area contributed by atoms with Crippen LogP contribution in [0, 0.1) is 5.92 Å². The maximum absolute atomic E-state index is 12.7. The molecule has 0 aromatic heterocycles. The Morgan fingerprint density at radius 3 is 2.40 bits per heavy atom. The summed E-state index contributed by atoms with van der Waals surface area (Å²) in [4.78, 5) is 12.4. The van der Waals surface area contributed by atoms with Crippen molar-refractivity contribution in [2.75, 3.05) is 39.8 Å². The number of rotatable bonds is 8. The molecule has 0 radical (unpaired) electrons. The Kier molecular flexibility index (Phi) is 7.22. The van der Waals surface area contributed by atoms with Crippen LogP contribution in [0.5, 0.6) is 5.75 Å². The van der Waals surface area contributed by atoms with Gasteiger partial charge in [0.15, 0.2) is 0 Å². The Morgan fingerprint density at radius 1 is 1.20 bits per heavy atom. The Balaban J connectivity index is 1.88. The van der Waals surface area contributed by atoms with Crippen molar-refractivity contribution < 1.29 is 17.9 Å². The number of sulfonamides is 1. The number of nitrogens with zero attached hydrogens (tertiary/aromatic N) is 1. The first-order valence-corrected chi connectivity index (χ1v) is 10.1. The molecule has 1 aromatic carbocycles. The number of hydrogen-bond acceptors (Lipinski definition) is 5. The number of nitrogens with one attached hydrogen (secondary N) is 2. The van der Waals surface area contributed by atoms with Gasteiger partial charge in [-0.05, 0) is 43.7 Å². The van der Waals surface area contributed by atoms with E-state index in [0.717, 1.165) is 13.1 Å². The predicted molar refractivity (Wildman–Crippen MR) is 96.0 cm³/mol. The summed E-state index contributed by atoms with van der Waals surface area (Å²) in [6.07, 6.45) is 1.09. The van der Waals surface area contributed by atoms with Crippen molar-refractivity contribution in [3.8, 4) is 5.75 Å². The largest absolute Gasteiger partial charge is 0.497 e. The molecule has 8 heteroatoms. The highest BCUT2D eigenvalue weighted by Crippen LogP contribution is 2.25. The first kappa shape index (κ1) is 19.7. The molecule has 0 saturated carbocycles. The minimum Gasteiger partial charge on any atom is -0.497 e. The molecule has 1 aliphatic heterocycles. The minimum absolute atomic E-state index is 0.0133. The van der Waals surface area contributed by atoms with E-state index >= 15 is 0 Å². The van der Waals surface area contributed by atoms with E-state index in [-0.39, 0.29) is 16.7 Å². The second-order valence-electron chi connectivity index (χ2n) is 6.00. The van der Waals surface area contributed by atoms with Crippen LogP contribution < -0.4 is 15.4 Å². The molecule has 1 heterocycles. The van der Waals surface area contributed by atoms with E-state index in [4.69, 9.17) is 4.74 Å². The van der Waals surface area contributed by atoms with Gasteiger partial charge in [-0.15, -0.1) is 0 Å². The SMILES string of the molecule is CCNCCNC(=O)C1CCN(S(=O)(=O)c2ccc(OC)cc2)CC1. The second-order valence-corrected chi connectivity index (χ2v) is 7.94. The lowest BCUT2D eigenvalue weighted by Gasteiger charge is -2.30. The third kappa shape index (κ3) is 5.17. The molecule has 2 rings (SSSR count). The third-order valence-electron chi connectivity index (χ3n) is 4.37. The van der Waals surface area contributed by atoms with Crippen molar-refractivity contribution in [1.82, 2.24) is 14.9 Å². The average Bonchev–Trinajstić information content (AvgIpc) is 2.65. The van der Waals surface area contributed by atoms with Gasteiger partial charge in [-0.1, -0.05) is 6.92 Å². The van der Waals surface area contributed by atoms with Crippen LogP contribution in [0.3, 0.4) is 0 Å². The molecule has 1 amide bonds. The minimum atomic E-state index is -3.52. The van der Waals surface area contributed by atoms with Crippen LogP contribution in [-0.2, 0) is 14.8 Å². The van der Waals surface area contributed by atoms with Crippen LogP contribution in [0.2, 0.25) is 0 Å². The summed E-state index contributed by atoms with van der Waals surface area (Å²) >= 11 is 0. The molecular weight excluding hydrogens is 342 g/mol. The molecule has 0 bridgehead atoms. The Morgan fingerprint density at radius 2 is 1.84 bits per heavy atom. The van der Waals surface area contributed by atoms with Crippen LogP contribution >= 0.6 is 0 Å². The van der Waals surface area contributed by atoms with E-state index in [1.165, 1.54) is 11.4 Å². The van der Waals surface area contributed by atoms with E-state index in [9.17, 15) is 13.2 Å². The van der Waals surface area contributed by atoms with E-state index in [1.54, 1.807) is 24.3 Å². The van der Waals surface area contributed by atoms with Gasteiger partial charge in [0, 0.05) is 32.1 Å². The Bertz CT molecular complexity index is 653. The average molecular weight is 369 g/mol. The van der Waals surface area contributed by atoms with Crippen molar-refractivity contribution in [3.05, 3.63) is 24.3 Å². The summed E-state index contributed by atoms with van der Waals surface area (Å²) in [6, 6.07) is 6.37. The highest BCUT2D eigenvalue weighted by Gasteiger charge is 2.31. The molecule has 1 aliphatic rings. The summed E-state index contributed by atoms with van der Waals surface area (Å²) in [7, 11) is -1.99. The number of methoxy groups -OCH3 is 1. The number of carbonyl (C=O) groups excluding carboxylic acids is 1. The van der Waals surface area contributed by atoms with Gasteiger partial charge in [-0.25, -0.2) is 8.42 Å². The number of ether oxygens (including phenoxy) is 1. The zero-order chi connectivity index (χ0) is 18.3. The van der Waals surface area contributed by atoms with Gasteiger partial charge in [0.25, 0.3) is 0 Å². The smallest absolute Gasteiger partial charge is 0.243 e. The van der Waals surface area contributed by atoms with Gasteiger partial charge in [-0.3, -0.25) is 4.79 Å². The molecule has 1 fully saturated rings. The van der Waals surface area contributed by atoms with Gasteiger partial charge in [-0.2, -0.15) is 4.31 Å². The van der Waals surface area contributed by atoms with Crippen LogP contribution in [0.4, 0.5) is 0 Å². The van der Waals surface area contributed by atoms with Gasteiger partial charge in [0.05, 0.1) is 12.0 Å². The normalized spacial score (nSPS) is 16.6. The number of piperidine rings is 1. The fraction of sp³-hybridized carbons (Fsp3) is 0.588. The molecule has 0 spiro atoms. The summed E-state index contributed by atoms with van der Waals surface area (Å²) in [5.74, 6) is 0.509. The number of carbonyl (C=O) groups is 1. The van der Waals surface area contributed by atoms with Crippen LogP contribution in [-0.4, -0.2) is 58.5 Å². The number of benzene rings is 1. The Labute approximate surface area is 149 Å². The van der Waals surface area contributed by atoms with Crippen LogP contribution in [0.1, 0.15) is 19.8 Å². The summed E-state index contributed by atoms with van der Waals surface area (Å²) in [5.41, 5.74) is 0. The van der Waals surface area contributed by atoms with Crippen molar-refractivity contribution in [1.29, 1.82) is 0 Å². The number of likely N-dealkylation sites (N-methyl/N-ethyl adjacent to an activating group) is 1. The molecule has 1 saturated heterocycles. The quantitative estimate of drug-likeness (QED) is 0.663. The number of hydrogen-bond donors (Lipinski definition) is 2. The van der Waals surface area contributed by atoms with E-state index in [1.807, 2.05) is 6.92 Å². The third-order valence-corrected chi connectivity index (χ3v) is 6.29. The van der Waals surface area contributed by atoms with Crippen molar-refractivity contribution in [3.63, 3.8) is 0 Å². The van der Waals surface area contributed by atoms with Gasteiger partial charge < -0.3 is 15.4 Å². The standard InChI is InChI=1S/C17H27N3O4S/c1-3-18-10-11-19-17(21)14-8-12-20(13-9-14)25(22,23)16-6-4-15(24-2)5-7-16/h4-7,14,18H,3,8-13H2,1-2H3,(H,19,21). The van der Waals surface area contributed by atoms with Crippen LogP contribution in [0.25, 0.3) is 0 Å². The second kappa shape index (κ2) is 9.17. The van der Waals surface area contributed by atoms with Crippen molar-refractivity contribution in [2.45, 2.75) is 24.7 Å². The summed E-state index contributed by atoms with van der Waals surface area (Å²) < 4.78 is 31.9. The van der Waals surface area contributed by atoms with Gasteiger partial charge >= 0.3 is 0 Å². The maximum Gasteiger partial charge on any atom is 0.243 e. The monoisotopic (exact) mass is 369 g/mol. The molecule has 1 aromatic rings. The first-order chi connectivity index (χ1) is 12.0. The predicted octanol–water partition coefficient (Wildman–Crippen LogP) is 0.822. The van der Waals surface area contributed by atoms with E-state index in [2.05, 4.69) is 10.6 Å². The number of amides is 1. The first-order valence-electron chi connectivity index (χ1n) is 8.61. The van der Waals surface area contributed by atoms with Crippen molar-refractivity contribution in [2.24, 2.45) is 5.92 Å². The van der Waals surface area contributed by atoms with E-state index < -0.39 is 10.0 Å². The highest BCUT2D eigenvalue weighted by molar-refractivity contribution is 7.89. The zero-order valence-corrected chi connectivity index (χ0v) is 15.6. The van der Waals surface area contributed by atoms with E-state index in [0.29, 0.717) is 38.2 Å². The molecule has 2 N–H and O–H groups in total. The summed E-state index contributed by atoms with van der Waals surface area (Å²) in [5, 5.41) is 6.05. The molecule has 140 valence electrons. The van der Waals surface area contributed by atoms with Gasteiger partial charge in [0.2, 0.25) is 15.9 Å². The van der Waals surface area contributed by atoms with Gasteiger partial charge in [0.1, 0.15) is 5.75 Å². The molecule has 25 heavy (non-hydrogen) atoms. The summed E-state index contributed by atoms with van der Waals surface area (Å²) in [6.45, 7) is 4.95. The lowest BCUT2D eigenvalue weighted by atomic mass is 9.97. The molecule has 0 aliphatic carbocycles. The lowest BCUT2D eigenvalue weighted by Crippen LogP contribution is -2.44.